The number of benzene rings is 1. The van der Waals surface area contributed by atoms with Crippen molar-refractivity contribution >= 4 is 5.69 Å². The Morgan fingerprint density at radius 1 is 1.24 bits per heavy atom. The lowest BCUT2D eigenvalue weighted by Crippen LogP contribution is -2.39. The number of anilines is 1. The molecule has 1 saturated carbocycles. The minimum atomic E-state index is -0.114. The Morgan fingerprint density at radius 3 is 2.71 bits per heavy atom. The Hall–Kier alpha value is -1.02. The van der Waals surface area contributed by atoms with Crippen LogP contribution in [0.3, 0.4) is 0 Å². The number of aliphatic hydroxyl groups is 1. The van der Waals surface area contributed by atoms with Gasteiger partial charge in [-0.05, 0) is 56.7 Å². The van der Waals surface area contributed by atoms with Gasteiger partial charge in [0.25, 0.3) is 0 Å². The van der Waals surface area contributed by atoms with Crippen LogP contribution in [0.15, 0.2) is 24.3 Å². The minimum absolute atomic E-state index is 0.114. The molecule has 0 amide bonds. The van der Waals surface area contributed by atoms with E-state index in [4.69, 9.17) is 0 Å². The second-order valence-electron chi connectivity index (χ2n) is 6.67. The maximum Gasteiger partial charge on any atom is 0.0585 e. The summed E-state index contributed by atoms with van der Waals surface area (Å²) in [6.07, 6.45) is 5.86. The van der Waals surface area contributed by atoms with E-state index in [1.165, 1.54) is 36.9 Å². The minimum Gasteiger partial charge on any atom is -0.393 e. The van der Waals surface area contributed by atoms with Gasteiger partial charge in [0, 0.05) is 24.7 Å². The van der Waals surface area contributed by atoms with Crippen LogP contribution in [0.4, 0.5) is 5.69 Å². The average molecular weight is 289 g/mol. The van der Waals surface area contributed by atoms with E-state index < -0.39 is 0 Å². The maximum absolute atomic E-state index is 10.4. The summed E-state index contributed by atoms with van der Waals surface area (Å²) in [6.45, 7) is 8.61. The van der Waals surface area contributed by atoms with Crippen LogP contribution in [0.25, 0.3) is 0 Å². The van der Waals surface area contributed by atoms with Gasteiger partial charge in [-0.2, -0.15) is 0 Å². The van der Waals surface area contributed by atoms with Crippen molar-refractivity contribution in [1.29, 1.82) is 0 Å². The number of aryl methyl sites for hydroxylation is 1. The molecule has 2 nitrogen and oxygen atoms in total. The van der Waals surface area contributed by atoms with Crippen LogP contribution < -0.4 is 4.90 Å². The van der Waals surface area contributed by atoms with Crippen molar-refractivity contribution in [3.05, 3.63) is 29.8 Å². The summed E-state index contributed by atoms with van der Waals surface area (Å²) in [5.74, 6) is 1.25. The summed E-state index contributed by atoms with van der Waals surface area (Å²) in [4.78, 5) is 2.43. The van der Waals surface area contributed by atoms with Gasteiger partial charge >= 0.3 is 0 Å². The van der Waals surface area contributed by atoms with E-state index in [0.717, 1.165) is 25.4 Å². The molecule has 1 aliphatic rings. The van der Waals surface area contributed by atoms with E-state index in [1.807, 2.05) is 0 Å². The van der Waals surface area contributed by atoms with Crippen molar-refractivity contribution in [2.24, 2.45) is 11.8 Å². The Kier molecular flexibility index (Phi) is 6.10. The highest BCUT2D eigenvalue weighted by Crippen LogP contribution is 2.33. The Balaban J connectivity index is 2.02. The topological polar surface area (TPSA) is 23.5 Å². The van der Waals surface area contributed by atoms with Crippen molar-refractivity contribution in [2.75, 3.05) is 18.0 Å². The molecule has 0 heterocycles. The summed E-state index contributed by atoms with van der Waals surface area (Å²) in [6, 6.07) is 8.71. The second-order valence-corrected chi connectivity index (χ2v) is 6.67. The fourth-order valence-corrected chi connectivity index (χ4v) is 3.74. The predicted molar refractivity (Wildman–Crippen MR) is 90.8 cm³/mol. The van der Waals surface area contributed by atoms with Gasteiger partial charge in [-0.15, -0.1) is 0 Å². The van der Waals surface area contributed by atoms with Crippen LogP contribution >= 0.6 is 0 Å². The number of nitrogens with zero attached hydrogens (tertiary/aromatic N) is 1. The lowest BCUT2D eigenvalue weighted by atomic mass is 9.77. The van der Waals surface area contributed by atoms with Crippen molar-refractivity contribution in [2.45, 2.75) is 59.0 Å². The molecular weight excluding hydrogens is 258 g/mol. The fraction of sp³-hybridized carbons (Fsp3) is 0.684. The highest BCUT2D eigenvalue weighted by molar-refractivity contribution is 5.48. The highest BCUT2D eigenvalue weighted by atomic mass is 16.3. The van der Waals surface area contributed by atoms with Crippen LogP contribution in [-0.2, 0) is 0 Å². The van der Waals surface area contributed by atoms with Gasteiger partial charge in [-0.3, -0.25) is 0 Å². The first-order chi connectivity index (χ1) is 10.1. The highest BCUT2D eigenvalue weighted by Gasteiger charge is 2.29. The molecule has 0 spiro atoms. The van der Waals surface area contributed by atoms with Gasteiger partial charge in [0.05, 0.1) is 6.10 Å². The van der Waals surface area contributed by atoms with Crippen LogP contribution in [0.2, 0.25) is 0 Å². The van der Waals surface area contributed by atoms with Crippen LogP contribution in [0, 0.1) is 18.8 Å². The first-order valence-electron chi connectivity index (χ1n) is 8.63. The van der Waals surface area contributed by atoms with Crippen LogP contribution in [0.1, 0.15) is 51.5 Å². The standard InChI is InChI=1S/C19H31NO/c1-4-7-16-10-11-19(21)17(13-16)14-20(5-2)18-9-6-8-15(3)12-18/h6,8-9,12,16-17,19,21H,4-5,7,10-11,13-14H2,1-3H3. The number of rotatable bonds is 6. The zero-order valence-corrected chi connectivity index (χ0v) is 13.9. The monoisotopic (exact) mass is 289 g/mol. The van der Waals surface area contributed by atoms with Crippen molar-refractivity contribution in [1.82, 2.24) is 0 Å². The third-order valence-corrected chi connectivity index (χ3v) is 4.95. The first kappa shape index (κ1) is 16.4. The third-order valence-electron chi connectivity index (χ3n) is 4.95. The van der Waals surface area contributed by atoms with Crippen LogP contribution in [-0.4, -0.2) is 24.3 Å². The quantitative estimate of drug-likeness (QED) is 0.839. The van der Waals surface area contributed by atoms with Gasteiger partial charge in [-0.25, -0.2) is 0 Å². The molecule has 0 aliphatic heterocycles. The smallest absolute Gasteiger partial charge is 0.0585 e. The maximum atomic E-state index is 10.4. The normalized spacial score (nSPS) is 25.8. The van der Waals surface area contributed by atoms with Gasteiger partial charge in [-0.1, -0.05) is 31.9 Å². The zero-order valence-electron chi connectivity index (χ0n) is 13.9. The average Bonchev–Trinajstić information content (AvgIpc) is 2.48. The summed E-state index contributed by atoms with van der Waals surface area (Å²) in [5, 5.41) is 10.4. The molecule has 1 aliphatic carbocycles. The molecule has 1 aromatic rings. The molecule has 2 heteroatoms. The van der Waals surface area contributed by atoms with E-state index in [-0.39, 0.29) is 6.10 Å². The molecule has 3 unspecified atom stereocenters. The lowest BCUT2D eigenvalue weighted by molar-refractivity contribution is 0.0495. The van der Waals surface area contributed by atoms with Crippen molar-refractivity contribution in [3.63, 3.8) is 0 Å². The molecule has 1 aromatic carbocycles. The molecule has 0 radical (unpaired) electrons. The molecule has 0 bridgehead atoms. The fourth-order valence-electron chi connectivity index (χ4n) is 3.74. The van der Waals surface area contributed by atoms with Gasteiger partial charge in [0.2, 0.25) is 0 Å². The van der Waals surface area contributed by atoms with E-state index in [1.54, 1.807) is 0 Å². The van der Waals surface area contributed by atoms with Gasteiger partial charge in [0.1, 0.15) is 0 Å². The van der Waals surface area contributed by atoms with Gasteiger partial charge in [0.15, 0.2) is 0 Å². The molecule has 1 N–H and O–H groups in total. The van der Waals surface area contributed by atoms with E-state index in [2.05, 4.69) is 49.9 Å². The van der Waals surface area contributed by atoms with E-state index in [0.29, 0.717) is 5.92 Å². The van der Waals surface area contributed by atoms with Crippen molar-refractivity contribution < 1.29 is 5.11 Å². The summed E-state index contributed by atoms with van der Waals surface area (Å²) >= 11 is 0. The van der Waals surface area contributed by atoms with Crippen LogP contribution in [0.5, 0.6) is 0 Å². The first-order valence-corrected chi connectivity index (χ1v) is 8.63. The van der Waals surface area contributed by atoms with Gasteiger partial charge < -0.3 is 10.0 Å². The predicted octanol–water partition coefficient (Wildman–Crippen LogP) is 4.40. The lowest BCUT2D eigenvalue weighted by Gasteiger charge is -2.37. The Bertz CT molecular complexity index is 431. The number of hydrogen-bond donors (Lipinski definition) is 1. The number of aliphatic hydroxyl groups excluding tert-OH is 1. The second kappa shape index (κ2) is 7.84. The molecule has 0 saturated heterocycles. The molecule has 21 heavy (non-hydrogen) atoms. The SMILES string of the molecule is CCCC1CCC(O)C(CN(CC)c2cccc(C)c2)C1. The largest absolute Gasteiger partial charge is 0.393 e. The molecule has 118 valence electrons. The third kappa shape index (κ3) is 4.47. The zero-order chi connectivity index (χ0) is 15.2. The molecular formula is C19H31NO. The summed E-state index contributed by atoms with van der Waals surface area (Å²) in [5.41, 5.74) is 2.60. The van der Waals surface area contributed by atoms with E-state index in [9.17, 15) is 5.11 Å². The Labute approximate surface area is 130 Å². The number of hydrogen-bond acceptors (Lipinski definition) is 2. The molecule has 1 fully saturated rings. The van der Waals surface area contributed by atoms with E-state index >= 15 is 0 Å². The summed E-state index contributed by atoms with van der Waals surface area (Å²) < 4.78 is 0. The van der Waals surface area contributed by atoms with Crippen molar-refractivity contribution in [3.8, 4) is 0 Å². The molecule has 2 rings (SSSR count). The molecule has 3 atom stereocenters. The molecule has 0 aromatic heterocycles. The summed E-state index contributed by atoms with van der Waals surface area (Å²) in [7, 11) is 0. The Morgan fingerprint density at radius 2 is 2.05 bits per heavy atom.